The number of benzene rings is 3. The van der Waals surface area contributed by atoms with E-state index < -0.39 is 5.97 Å². The van der Waals surface area contributed by atoms with E-state index >= 15 is 0 Å². The molecule has 6 nitrogen and oxygen atoms in total. The summed E-state index contributed by atoms with van der Waals surface area (Å²) in [6.07, 6.45) is 0. The summed E-state index contributed by atoms with van der Waals surface area (Å²) in [6, 6.07) is 28.7. The second kappa shape index (κ2) is 12.0. The molecule has 39 heavy (non-hydrogen) atoms. The third-order valence-electron chi connectivity index (χ3n) is 6.16. The van der Waals surface area contributed by atoms with Crippen LogP contribution in [0, 0.1) is 11.3 Å². The van der Waals surface area contributed by atoms with Crippen LogP contribution in [0.4, 0.5) is 5.69 Å². The molecule has 1 amide bonds. The Hall–Kier alpha value is -4.41. The quantitative estimate of drug-likeness (QED) is 0.200. The summed E-state index contributed by atoms with van der Waals surface area (Å²) in [5.74, 6) is -0.639. The minimum atomic E-state index is -0.444. The van der Waals surface area contributed by atoms with Crippen LogP contribution in [-0.4, -0.2) is 29.7 Å². The van der Waals surface area contributed by atoms with Crippen molar-refractivity contribution in [1.82, 2.24) is 4.98 Å². The predicted molar refractivity (Wildman–Crippen MR) is 156 cm³/mol. The molecular weight excluding hydrogens is 506 g/mol. The number of nitrogens with one attached hydrogen (secondary N) is 1. The standard InChI is InChI=1S/C32H29N3O3S/c1-32(2,3)24-14-10-21(11-15-24)26-18-28(22-8-6-5-7-9-22)35-30(27(26)19-33)39-20-29(36)34-25-16-12-23(13-17-25)31(37)38-4/h5-18H,20H2,1-4H3,(H,34,36). The average molecular weight is 536 g/mol. The van der Waals surface area contributed by atoms with Crippen molar-refractivity contribution in [3.63, 3.8) is 0 Å². The Bertz CT molecular complexity index is 1520. The van der Waals surface area contributed by atoms with Crippen molar-refractivity contribution >= 4 is 29.3 Å². The molecule has 1 aromatic heterocycles. The third kappa shape index (κ3) is 6.73. The van der Waals surface area contributed by atoms with Gasteiger partial charge in [0.2, 0.25) is 5.91 Å². The Morgan fingerprint density at radius 1 is 0.949 bits per heavy atom. The molecular formula is C32H29N3O3S. The molecule has 0 fully saturated rings. The largest absolute Gasteiger partial charge is 0.465 e. The van der Waals surface area contributed by atoms with Crippen LogP contribution in [-0.2, 0) is 14.9 Å². The highest BCUT2D eigenvalue weighted by atomic mass is 32.2. The maximum atomic E-state index is 12.8. The summed E-state index contributed by atoms with van der Waals surface area (Å²) < 4.78 is 4.71. The van der Waals surface area contributed by atoms with Gasteiger partial charge in [-0.1, -0.05) is 87.1 Å². The van der Waals surface area contributed by atoms with Gasteiger partial charge in [0.05, 0.1) is 29.7 Å². The van der Waals surface area contributed by atoms with Crippen LogP contribution >= 0.6 is 11.8 Å². The van der Waals surface area contributed by atoms with Crippen molar-refractivity contribution < 1.29 is 14.3 Å². The molecule has 1 heterocycles. The van der Waals surface area contributed by atoms with Gasteiger partial charge in [-0.15, -0.1) is 0 Å². The van der Waals surface area contributed by atoms with Gasteiger partial charge in [0.15, 0.2) is 0 Å². The number of pyridine rings is 1. The fraction of sp³-hybridized carbons (Fsp3) is 0.188. The van der Waals surface area contributed by atoms with Crippen molar-refractivity contribution in [3.8, 4) is 28.5 Å². The van der Waals surface area contributed by atoms with Crippen LogP contribution in [0.1, 0.15) is 42.3 Å². The summed E-state index contributed by atoms with van der Waals surface area (Å²) in [6.45, 7) is 6.49. The second-order valence-corrected chi connectivity index (χ2v) is 10.9. The highest BCUT2D eigenvalue weighted by molar-refractivity contribution is 8.00. The molecule has 0 radical (unpaired) electrons. The Morgan fingerprint density at radius 2 is 1.62 bits per heavy atom. The number of thioether (sulfide) groups is 1. The minimum Gasteiger partial charge on any atom is -0.465 e. The minimum absolute atomic E-state index is 0.0119. The molecule has 4 rings (SSSR count). The number of esters is 1. The van der Waals surface area contributed by atoms with Crippen LogP contribution in [0.25, 0.3) is 22.4 Å². The molecule has 0 aliphatic carbocycles. The van der Waals surface area contributed by atoms with E-state index in [2.05, 4.69) is 44.3 Å². The van der Waals surface area contributed by atoms with E-state index in [1.54, 1.807) is 24.3 Å². The van der Waals surface area contributed by atoms with Gasteiger partial charge in [0, 0.05) is 16.8 Å². The molecule has 0 aliphatic heterocycles. The third-order valence-corrected chi connectivity index (χ3v) is 7.13. The Morgan fingerprint density at radius 3 is 2.21 bits per heavy atom. The molecule has 0 saturated carbocycles. The fourth-order valence-electron chi connectivity index (χ4n) is 4.01. The van der Waals surface area contributed by atoms with Crippen LogP contribution in [0.2, 0.25) is 0 Å². The molecule has 3 aromatic carbocycles. The number of aromatic nitrogens is 1. The lowest BCUT2D eigenvalue weighted by Crippen LogP contribution is -2.14. The van der Waals surface area contributed by atoms with Gasteiger partial charge in [-0.2, -0.15) is 5.26 Å². The van der Waals surface area contributed by atoms with E-state index in [4.69, 9.17) is 9.72 Å². The number of hydrogen-bond acceptors (Lipinski definition) is 6. The average Bonchev–Trinajstić information content (AvgIpc) is 2.95. The Labute approximate surface area is 233 Å². The van der Waals surface area contributed by atoms with Crippen LogP contribution in [0.15, 0.2) is 90.0 Å². The molecule has 0 spiro atoms. The lowest BCUT2D eigenvalue weighted by atomic mass is 9.86. The van der Waals surface area contributed by atoms with Crippen molar-refractivity contribution in [2.45, 2.75) is 31.2 Å². The van der Waals surface area contributed by atoms with Crippen LogP contribution in [0.5, 0.6) is 0 Å². The van der Waals surface area contributed by atoms with Crippen molar-refractivity contribution in [2.75, 3.05) is 18.2 Å². The first-order chi connectivity index (χ1) is 18.7. The first kappa shape index (κ1) is 27.6. The zero-order chi connectivity index (χ0) is 28.0. The normalized spacial score (nSPS) is 10.9. The van der Waals surface area contributed by atoms with E-state index in [1.807, 2.05) is 48.5 Å². The first-order valence-corrected chi connectivity index (χ1v) is 13.4. The van der Waals surface area contributed by atoms with Gasteiger partial charge in [-0.05, 0) is 46.9 Å². The molecule has 7 heteroatoms. The number of rotatable bonds is 7. The highest BCUT2D eigenvalue weighted by Crippen LogP contribution is 2.35. The number of nitriles is 1. The number of carbonyl (C=O) groups excluding carboxylic acids is 2. The number of methoxy groups -OCH3 is 1. The summed E-state index contributed by atoms with van der Waals surface area (Å²) in [7, 11) is 1.32. The first-order valence-electron chi connectivity index (χ1n) is 12.4. The van der Waals surface area contributed by atoms with Crippen molar-refractivity contribution in [1.29, 1.82) is 5.26 Å². The van der Waals surface area contributed by atoms with E-state index in [-0.39, 0.29) is 17.1 Å². The number of amides is 1. The SMILES string of the molecule is COC(=O)c1ccc(NC(=O)CSc2nc(-c3ccccc3)cc(-c3ccc(C(C)(C)C)cc3)c2C#N)cc1. The Balaban J connectivity index is 1.63. The lowest BCUT2D eigenvalue weighted by molar-refractivity contribution is -0.113. The van der Waals surface area contributed by atoms with E-state index in [0.717, 1.165) is 22.4 Å². The zero-order valence-corrected chi connectivity index (χ0v) is 23.1. The molecule has 0 atom stereocenters. The molecule has 1 N–H and O–H groups in total. The van der Waals surface area contributed by atoms with Crippen molar-refractivity contribution in [2.24, 2.45) is 0 Å². The molecule has 0 unspecified atom stereocenters. The van der Waals surface area contributed by atoms with Crippen LogP contribution < -0.4 is 5.32 Å². The molecule has 0 saturated heterocycles. The second-order valence-electron chi connectivity index (χ2n) is 9.95. The Kier molecular flexibility index (Phi) is 8.48. The van der Waals surface area contributed by atoms with Gasteiger partial charge in [-0.3, -0.25) is 4.79 Å². The number of ether oxygens (including phenoxy) is 1. The van der Waals surface area contributed by atoms with Gasteiger partial charge in [0.25, 0.3) is 0 Å². The van der Waals surface area contributed by atoms with Crippen molar-refractivity contribution in [3.05, 3.63) is 102 Å². The van der Waals surface area contributed by atoms with Gasteiger partial charge < -0.3 is 10.1 Å². The zero-order valence-electron chi connectivity index (χ0n) is 22.3. The van der Waals surface area contributed by atoms with Crippen LogP contribution in [0.3, 0.4) is 0 Å². The number of anilines is 1. The maximum absolute atomic E-state index is 12.8. The van der Waals surface area contributed by atoms with E-state index in [0.29, 0.717) is 21.8 Å². The number of carbonyl (C=O) groups is 2. The van der Waals surface area contributed by atoms with E-state index in [1.165, 1.54) is 24.4 Å². The predicted octanol–water partition coefficient (Wildman–Crippen LogP) is 7.10. The molecule has 4 aromatic rings. The number of hydrogen-bond donors (Lipinski definition) is 1. The molecule has 0 bridgehead atoms. The molecule has 196 valence electrons. The molecule has 0 aliphatic rings. The van der Waals surface area contributed by atoms with Gasteiger partial charge in [0.1, 0.15) is 11.1 Å². The summed E-state index contributed by atoms with van der Waals surface area (Å²) in [5.41, 5.74) is 5.93. The summed E-state index contributed by atoms with van der Waals surface area (Å²) >= 11 is 1.22. The maximum Gasteiger partial charge on any atom is 0.337 e. The summed E-state index contributed by atoms with van der Waals surface area (Å²) in [4.78, 5) is 29.2. The summed E-state index contributed by atoms with van der Waals surface area (Å²) in [5, 5.41) is 13.5. The topological polar surface area (TPSA) is 92.1 Å². The monoisotopic (exact) mass is 535 g/mol. The van der Waals surface area contributed by atoms with Gasteiger partial charge in [-0.25, -0.2) is 9.78 Å². The number of nitrogens with zero attached hydrogens (tertiary/aromatic N) is 2. The smallest absolute Gasteiger partial charge is 0.337 e. The van der Waals surface area contributed by atoms with E-state index in [9.17, 15) is 14.9 Å². The lowest BCUT2D eigenvalue weighted by Gasteiger charge is -2.19. The fourth-order valence-corrected chi connectivity index (χ4v) is 4.81. The highest BCUT2D eigenvalue weighted by Gasteiger charge is 2.19. The van der Waals surface area contributed by atoms with Gasteiger partial charge >= 0.3 is 5.97 Å².